The summed E-state index contributed by atoms with van der Waals surface area (Å²) in [5.74, 6) is -2.28. The highest BCUT2D eigenvalue weighted by atomic mass is 32.1. The van der Waals surface area contributed by atoms with E-state index in [-0.39, 0.29) is 6.04 Å². The van der Waals surface area contributed by atoms with Crippen molar-refractivity contribution in [2.24, 2.45) is 5.92 Å². The fourth-order valence-electron chi connectivity index (χ4n) is 5.01. The van der Waals surface area contributed by atoms with Gasteiger partial charge in [0.2, 0.25) is 0 Å². The zero-order valence-corrected chi connectivity index (χ0v) is 24.4. The second kappa shape index (κ2) is 14.4. The Labute approximate surface area is 246 Å². The number of halogens is 3. The Morgan fingerprint density at radius 3 is 2.50 bits per heavy atom. The molecule has 1 atom stereocenters. The van der Waals surface area contributed by atoms with E-state index in [0.717, 1.165) is 66.9 Å². The van der Waals surface area contributed by atoms with E-state index in [4.69, 9.17) is 14.9 Å². The van der Waals surface area contributed by atoms with Gasteiger partial charge in [-0.1, -0.05) is 51.1 Å². The number of alkyl halides is 3. The molecule has 2 heterocycles. The number of hydrogen-bond acceptors (Lipinski definition) is 7. The number of aliphatic carboxylic acids is 2. The van der Waals surface area contributed by atoms with Crippen molar-refractivity contribution in [3.05, 3.63) is 58.7 Å². The standard InChI is InChI=1S/C28H32N4O2S.C2HF3O2/c1-4-23-19(12-14-32-13-6-9-25(32)28(33)34)7-5-8-24(23)26-30-27(35-31-26)21-11-10-20(15-18(2)3)22(16-21)17-29;3-2(4,5)1(6)7/h5,7-8,10-11,16,18,25H,4,6,9,12-15H2,1-3H3,(H,33,34);(H,6,7)/t25-;/m0./s1. The van der Waals surface area contributed by atoms with E-state index < -0.39 is 18.1 Å². The van der Waals surface area contributed by atoms with Crippen LogP contribution in [-0.4, -0.2) is 61.7 Å². The number of likely N-dealkylation sites (tertiary alicyclic amines) is 1. The minimum absolute atomic E-state index is 0.365. The SMILES string of the molecule is CCc1c(CCN2CCC[C@H]2C(=O)O)cccc1-c1nsc(-c2ccc(CC(C)C)c(C#N)c2)n1.O=C(O)C(F)(F)F. The molecule has 2 N–H and O–H groups in total. The summed E-state index contributed by atoms with van der Waals surface area (Å²) in [6, 6.07) is 14.2. The first-order valence-electron chi connectivity index (χ1n) is 13.6. The molecule has 4 rings (SSSR count). The predicted octanol–water partition coefficient (Wildman–Crippen LogP) is 6.23. The summed E-state index contributed by atoms with van der Waals surface area (Å²) in [7, 11) is 0. The highest BCUT2D eigenvalue weighted by Gasteiger charge is 2.38. The molecule has 3 aromatic rings. The number of benzene rings is 2. The number of carbonyl (C=O) groups is 2. The van der Waals surface area contributed by atoms with E-state index in [1.54, 1.807) is 0 Å². The van der Waals surface area contributed by atoms with Crippen LogP contribution in [0.25, 0.3) is 22.0 Å². The van der Waals surface area contributed by atoms with E-state index in [1.165, 1.54) is 22.7 Å². The molecule has 1 fully saturated rings. The number of rotatable bonds is 9. The Bertz CT molecular complexity index is 1450. The Kier molecular flexibility index (Phi) is 11.2. The normalized spacial score (nSPS) is 15.2. The Morgan fingerprint density at radius 2 is 1.90 bits per heavy atom. The predicted molar refractivity (Wildman–Crippen MR) is 153 cm³/mol. The molecule has 8 nitrogen and oxygen atoms in total. The highest BCUT2D eigenvalue weighted by molar-refractivity contribution is 7.09. The Hall–Kier alpha value is -3.82. The lowest BCUT2D eigenvalue weighted by Crippen LogP contribution is -2.37. The maximum atomic E-state index is 11.5. The molecule has 12 heteroatoms. The van der Waals surface area contributed by atoms with Gasteiger partial charge in [0.1, 0.15) is 11.0 Å². The Morgan fingerprint density at radius 1 is 1.19 bits per heavy atom. The third-order valence-electron chi connectivity index (χ3n) is 6.96. The fourth-order valence-corrected chi connectivity index (χ4v) is 5.69. The fraction of sp³-hybridized carbons (Fsp3) is 0.433. The molecule has 0 saturated carbocycles. The molecule has 1 aliphatic rings. The van der Waals surface area contributed by atoms with Gasteiger partial charge in [-0.3, -0.25) is 9.69 Å². The maximum Gasteiger partial charge on any atom is 0.490 e. The summed E-state index contributed by atoms with van der Waals surface area (Å²) in [4.78, 5) is 27.4. The number of nitriles is 1. The van der Waals surface area contributed by atoms with Crippen molar-refractivity contribution < 1.29 is 33.0 Å². The second-order valence-corrected chi connectivity index (χ2v) is 11.1. The molecule has 0 spiro atoms. The third-order valence-corrected chi connectivity index (χ3v) is 7.72. The van der Waals surface area contributed by atoms with E-state index in [1.807, 2.05) is 24.3 Å². The van der Waals surface area contributed by atoms with Gasteiger partial charge < -0.3 is 10.2 Å². The summed E-state index contributed by atoms with van der Waals surface area (Å²) in [6.07, 6.45) is -0.879. The molecular weight excluding hydrogens is 569 g/mol. The lowest BCUT2D eigenvalue weighted by molar-refractivity contribution is -0.192. The van der Waals surface area contributed by atoms with Crippen molar-refractivity contribution in [1.82, 2.24) is 14.3 Å². The van der Waals surface area contributed by atoms with Gasteiger partial charge in [0.15, 0.2) is 5.82 Å². The molecule has 0 radical (unpaired) electrons. The van der Waals surface area contributed by atoms with Gasteiger partial charge in [0.05, 0.1) is 11.6 Å². The van der Waals surface area contributed by atoms with E-state index in [0.29, 0.717) is 17.3 Å². The van der Waals surface area contributed by atoms with Gasteiger partial charge in [-0.15, -0.1) is 0 Å². The van der Waals surface area contributed by atoms with Gasteiger partial charge in [-0.25, -0.2) is 9.78 Å². The summed E-state index contributed by atoms with van der Waals surface area (Å²) in [5, 5.41) is 27.1. The minimum Gasteiger partial charge on any atom is -0.480 e. The van der Waals surface area contributed by atoms with Gasteiger partial charge >= 0.3 is 18.1 Å². The molecule has 0 bridgehead atoms. The van der Waals surface area contributed by atoms with Crippen LogP contribution in [0.2, 0.25) is 0 Å². The van der Waals surface area contributed by atoms with Gasteiger partial charge in [-0.2, -0.15) is 22.8 Å². The number of carboxylic acids is 2. The van der Waals surface area contributed by atoms with Crippen LogP contribution in [0.1, 0.15) is 55.9 Å². The molecule has 0 unspecified atom stereocenters. The van der Waals surface area contributed by atoms with Crippen molar-refractivity contribution in [3.8, 4) is 28.0 Å². The van der Waals surface area contributed by atoms with E-state index >= 15 is 0 Å². The first-order valence-corrected chi connectivity index (χ1v) is 14.4. The van der Waals surface area contributed by atoms with Crippen molar-refractivity contribution in [3.63, 3.8) is 0 Å². The number of carboxylic acid groups (broad SMARTS) is 2. The van der Waals surface area contributed by atoms with Crippen molar-refractivity contribution in [2.45, 2.75) is 65.1 Å². The van der Waals surface area contributed by atoms with Gasteiger partial charge in [0.25, 0.3) is 0 Å². The molecule has 2 aromatic carbocycles. The van der Waals surface area contributed by atoms with Crippen LogP contribution in [-0.2, 0) is 28.9 Å². The van der Waals surface area contributed by atoms with Crippen LogP contribution in [0, 0.1) is 17.2 Å². The maximum absolute atomic E-state index is 11.5. The Balaban J connectivity index is 0.000000616. The first kappa shape index (κ1) is 32.7. The molecule has 1 saturated heterocycles. The van der Waals surface area contributed by atoms with Crippen molar-refractivity contribution in [1.29, 1.82) is 5.26 Å². The number of aromatic nitrogens is 2. The topological polar surface area (TPSA) is 127 Å². The number of hydrogen-bond donors (Lipinski definition) is 2. The van der Waals surface area contributed by atoms with Crippen LogP contribution < -0.4 is 0 Å². The van der Waals surface area contributed by atoms with Crippen LogP contribution in [0.15, 0.2) is 36.4 Å². The monoisotopic (exact) mass is 602 g/mol. The molecule has 1 aliphatic heterocycles. The average molecular weight is 603 g/mol. The summed E-state index contributed by atoms with van der Waals surface area (Å²) < 4.78 is 36.4. The summed E-state index contributed by atoms with van der Waals surface area (Å²) in [5.41, 5.74) is 6.15. The summed E-state index contributed by atoms with van der Waals surface area (Å²) in [6.45, 7) is 8.03. The molecular formula is C30H33F3N4O4S. The van der Waals surface area contributed by atoms with Crippen molar-refractivity contribution >= 4 is 23.5 Å². The van der Waals surface area contributed by atoms with Crippen LogP contribution in [0.5, 0.6) is 0 Å². The summed E-state index contributed by atoms with van der Waals surface area (Å²) >= 11 is 1.35. The smallest absolute Gasteiger partial charge is 0.480 e. The quantitative estimate of drug-likeness (QED) is 0.295. The second-order valence-electron chi connectivity index (χ2n) is 10.4. The largest absolute Gasteiger partial charge is 0.490 e. The zero-order valence-electron chi connectivity index (χ0n) is 23.6. The number of nitrogens with zero attached hydrogens (tertiary/aromatic N) is 4. The lowest BCUT2D eigenvalue weighted by atomic mass is 9.96. The molecule has 42 heavy (non-hydrogen) atoms. The van der Waals surface area contributed by atoms with E-state index in [9.17, 15) is 28.3 Å². The molecule has 1 aromatic heterocycles. The van der Waals surface area contributed by atoms with Gasteiger partial charge in [-0.05, 0) is 78.9 Å². The lowest BCUT2D eigenvalue weighted by Gasteiger charge is -2.22. The first-order chi connectivity index (χ1) is 19.8. The van der Waals surface area contributed by atoms with Crippen LogP contribution in [0.4, 0.5) is 13.2 Å². The van der Waals surface area contributed by atoms with Crippen LogP contribution >= 0.6 is 11.5 Å². The average Bonchev–Trinajstić information content (AvgIpc) is 3.62. The van der Waals surface area contributed by atoms with Crippen LogP contribution in [0.3, 0.4) is 0 Å². The highest BCUT2D eigenvalue weighted by Crippen LogP contribution is 2.31. The molecule has 224 valence electrons. The third kappa shape index (κ3) is 8.36. The minimum atomic E-state index is -5.08. The van der Waals surface area contributed by atoms with Gasteiger partial charge in [0, 0.05) is 17.7 Å². The molecule has 0 aliphatic carbocycles. The molecule has 0 amide bonds. The van der Waals surface area contributed by atoms with E-state index in [2.05, 4.69) is 48.2 Å². The zero-order chi connectivity index (χ0) is 31.0. The van der Waals surface area contributed by atoms with Crippen molar-refractivity contribution in [2.75, 3.05) is 13.1 Å².